The van der Waals surface area contributed by atoms with Crippen LogP contribution in [0.2, 0.25) is 0 Å². The average Bonchev–Trinajstić information content (AvgIpc) is 2.53. The lowest BCUT2D eigenvalue weighted by atomic mass is 9.99. The lowest BCUT2D eigenvalue weighted by Gasteiger charge is -2.41. The van der Waals surface area contributed by atoms with Crippen LogP contribution >= 0.6 is 0 Å². The summed E-state index contributed by atoms with van der Waals surface area (Å²) in [6, 6.07) is 0.331. The molecular formula is C15H30N2O3S. The maximum Gasteiger partial charge on any atom is 0.217 e. The van der Waals surface area contributed by atoms with Crippen molar-refractivity contribution in [2.24, 2.45) is 0 Å². The number of nitrogens with one attached hydrogen (secondary N) is 1. The van der Waals surface area contributed by atoms with Gasteiger partial charge in [-0.25, -0.2) is 8.42 Å². The second-order valence-electron chi connectivity index (χ2n) is 6.27. The molecule has 6 heteroatoms. The van der Waals surface area contributed by atoms with E-state index < -0.39 is 10.0 Å². The highest BCUT2D eigenvalue weighted by Crippen LogP contribution is 2.28. The van der Waals surface area contributed by atoms with Crippen molar-refractivity contribution >= 4 is 10.0 Å². The third-order valence-corrected chi connectivity index (χ3v) is 7.13. The van der Waals surface area contributed by atoms with Crippen LogP contribution < -0.4 is 5.32 Å². The maximum absolute atomic E-state index is 13.0. The van der Waals surface area contributed by atoms with Gasteiger partial charge >= 0.3 is 0 Å². The predicted molar refractivity (Wildman–Crippen MR) is 84.9 cm³/mol. The van der Waals surface area contributed by atoms with Gasteiger partial charge in [-0.05, 0) is 45.6 Å². The third kappa shape index (κ3) is 4.18. The molecule has 124 valence electrons. The topological polar surface area (TPSA) is 58.6 Å². The summed E-state index contributed by atoms with van der Waals surface area (Å²) in [6.07, 6.45) is 5.44. The quantitative estimate of drug-likeness (QED) is 0.810. The molecule has 0 radical (unpaired) electrons. The fourth-order valence-electron chi connectivity index (χ4n) is 3.42. The van der Waals surface area contributed by atoms with Crippen LogP contribution in [0, 0.1) is 0 Å². The van der Waals surface area contributed by atoms with Gasteiger partial charge in [-0.15, -0.1) is 0 Å². The summed E-state index contributed by atoms with van der Waals surface area (Å²) in [6.45, 7) is 7.04. The number of rotatable bonds is 6. The zero-order valence-corrected chi connectivity index (χ0v) is 14.2. The van der Waals surface area contributed by atoms with E-state index in [0.29, 0.717) is 32.6 Å². The highest BCUT2D eigenvalue weighted by Gasteiger charge is 2.40. The summed E-state index contributed by atoms with van der Waals surface area (Å²) >= 11 is 0. The Kier molecular flexibility index (Phi) is 6.47. The van der Waals surface area contributed by atoms with E-state index in [2.05, 4.69) is 19.2 Å². The van der Waals surface area contributed by atoms with Crippen LogP contribution in [-0.2, 0) is 14.8 Å². The van der Waals surface area contributed by atoms with Crippen molar-refractivity contribution in [3.8, 4) is 0 Å². The van der Waals surface area contributed by atoms with E-state index in [1.807, 2.05) is 0 Å². The van der Waals surface area contributed by atoms with Crippen LogP contribution in [0.4, 0.5) is 0 Å². The molecule has 2 aliphatic heterocycles. The Morgan fingerprint density at radius 2 is 1.95 bits per heavy atom. The summed E-state index contributed by atoms with van der Waals surface area (Å²) < 4.78 is 33.1. The van der Waals surface area contributed by atoms with Gasteiger partial charge < -0.3 is 10.1 Å². The molecule has 0 aromatic carbocycles. The number of ether oxygens (including phenoxy) is 1. The Bertz CT molecular complexity index is 407. The molecule has 2 fully saturated rings. The molecule has 21 heavy (non-hydrogen) atoms. The minimum Gasteiger partial charge on any atom is -0.381 e. The molecule has 2 unspecified atom stereocenters. The second kappa shape index (κ2) is 7.90. The van der Waals surface area contributed by atoms with E-state index in [-0.39, 0.29) is 17.3 Å². The van der Waals surface area contributed by atoms with E-state index in [1.54, 1.807) is 4.31 Å². The number of sulfonamides is 1. The largest absolute Gasteiger partial charge is 0.381 e. The van der Waals surface area contributed by atoms with Crippen molar-refractivity contribution in [2.45, 2.75) is 69.7 Å². The number of piperidine rings is 1. The first-order valence-electron chi connectivity index (χ1n) is 8.39. The maximum atomic E-state index is 13.0. The summed E-state index contributed by atoms with van der Waals surface area (Å²) in [4.78, 5) is 0. The summed E-state index contributed by atoms with van der Waals surface area (Å²) in [5, 5.41) is 3.23. The van der Waals surface area contributed by atoms with Gasteiger partial charge in [-0.3, -0.25) is 0 Å². The molecule has 1 N–H and O–H groups in total. The van der Waals surface area contributed by atoms with E-state index in [1.165, 1.54) is 0 Å². The first-order chi connectivity index (χ1) is 10.1. The highest BCUT2D eigenvalue weighted by molar-refractivity contribution is 7.89. The molecule has 0 amide bonds. The number of hydrogen-bond acceptors (Lipinski definition) is 4. The van der Waals surface area contributed by atoms with Crippen molar-refractivity contribution in [3.05, 3.63) is 0 Å². The van der Waals surface area contributed by atoms with Crippen LogP contribution in [0.3, 0.4) is 0 Å². The molecule has 0 bridgehead atoms. The molecule has 0 aromatic heterocycles. The normalized spacial score (nSPS) is 27.6. The van der Waals surface area contributed by atoms with E-state index in [9.17, 15) is 8.42 Å². The van der Waals surface area contributed by atoms with Gasteiger partial charge in [0.1, 0.15) is 0 Å². The van der Waals surface area contributed by atoms with E-state index in [4.69, 9.17) is 4.74 Å². The standard InChI is InChI=1S/C15H30N2O3S/c1-3-9-16-13(2)15-6-4-5-10-17(15)21(18,19)14-7-11-20-12-8-14/h13-16H,3-12H2,1-2H3. The molecule has 2 saturated heterocycles. The Labute approximate surface area is 129 Å². The molecule has 2 aliphatic rings. The second-order valence-corrected chi connectivity index (χ2v) is 8.44. The van der Waals surface area contributed by atoms with Crippen LogP contribution in [0.15, 0.2) is 0 Å². The summed E-state index contributed by atoms with van der Waals surface area (Å²) in [5.41, 5.74) is 0. The Morgan fingerprint density at radius 1 is 1.24 bits per heavy atom. The fraction of sp³-hybridized carbons (Fsp3) is 1.00. The first kappa shape index (κ1) is 17.2. The van der Waals surface area contributed by atoms with Crippen molar-refractivity contribution in [3.63, 3.8) is 0 Å². The Morgan fingerprint density at radius 3 is 2.62 bits per heavy atom. The van der Waals surface area contributed by atoms with E-state index in [0.717, 1.165) is 32.2 Å². The van der Waals surface area contributed by atoms with Gasteiger partial charge in [0.05, 0.1) is 5.25 Å². The van der Waals surface area contributed by atoms with E-state index >= 15 is 0 Å². The highest BCUT2D eigenvalue weighted by atomic mass is 32.2. The zero-order chi connectivity index (χ0) is 15.3. The van der Waals surface area contributed by atoms with Crippen LogP contribution in [0.5, 0.6) is 0 Å². The molecule has 5 nitrogen and oxygen atoms in total. The van der Waals surface area contributed by atoms with Gasteiger partial charge in [-0.1, -0.05) is 13.3 Å². The lowest BCUT2D eigenvalue weighted by molar-refractivity contribution is 0.0957. The van der Waals surface area contributed by atoms with Crippen molar-refractivity contribution < 1.29 is 13.2 Å². The van der Waals surface area contributed by atoms with Crippen molar-refractivity contribution in [1.82, 2.24) is 9.62 Å². The van der Waals surface area contributed by atoms with Crippen molar-refractivity contribution in [1.29, 1.82) is 0 Å². The lowest BCUT2D eigenvalue weighted by Crippen LogP contribution is -2.55. The van der Waals surface area contributed by atoms with Crippen LogP contribution in [0.25, 0.3) is 0 Å². The molecule has 0 saturated carbocycles. The molecular weight excluding hydrogens is 288 g/mol. The SMILES string of the molecule is CCCNC(C)C1CCCCN1S(=O)(=O)C1CCOCC1. The molecule has 0 aliphatic carbocycles. The van der Waals surface area contributed by atoms with Gasteiger partial charge in [-0.2, -0.15) is 4.31 Å². The van der Waals surface area contributed by atoms with Crippen LogP contribution in [-0.4, -0.2) is 56.4 Å². The molecule has 2 heterocycles. The Balaban J connectivity index is 2.09. The van der Waals surface area contributed by atoms with Gasteiger partial charge in [0.25, 0.3) is 0 Å². The summed E-state index contributed by atoms with van der Waals surface area (Å²) in [7, 11) is -3.19. The number of nitrogens with zero attached hydrogens (tertiary/aromatic N) is 1. The van der Waals surface area contributed by atoms with Crippen LogP contribution in [0.1, 0.15) is 52.4 Å². The van der Waals surface area contributed by atoms with Crippen molar-refractivity contribution in [2.75, 3.05) is 26.3 Å². The molecule has 2 rings (SSSR count). The average molecular weight is 318 g/mol. The molecule has 0 aromatic rings. The Hall–Kier alpha value is -0.170. The fourth-order valence-corrected chi connectivity index (χ4v) is 5.64. The monoisotopic (exact) mass is 318 g/mol. The zero-order valence-electron chi connectivity index (χ0n) is 13.4. The molecule has 2 atom stereocenters. The third-order valence-electron chi connectivity index (χ3n) is 4.71. The minimum absolute atomic E-state index is 0.109. The van der Waals surface area contributed by atoms with Gasteiger partial charge in [0.15, 0.2) is 0 Å². The molecule has 0 spiro atoms. The smallest absolute Gasteiger partial charge is 0.217 e. The minimum atomic E-state index is -3.19. The van der Waals surface area contributed by atoms with Gasteiger partial charge in [0, 0.05) is 31.8 Å². The summed E-state index contributed by atoms with van der Waals surface area (Å²) in [5.74, 6) is 0. The predicted octanol–water partition coefficient (Wildman–Crippen LogP) is 1.74. The van der Waals surface area contributed by atoms with Gasteiger partial charge in [0.2, 0.25) is 10.0 Å². The first-order valence-corrected chi connectivity index (χ1v) is 9.89. The number of hydrogen-bond donors (Lipinski definition) is 1.